The number of carbonyl (C=O) groups excluding carboxylic acids is 2. The van der Waals surface area contributed by atoms with Gasteiger partial charge in [0.2, 0.25) is 11.8 Å². The molecule has 1 saturated carbocycles. The topological polar surface area (TPSA) is 74.3 Å². The molecule has 8 heteroatoms. The summed E-state index contributed by atoms with van der Waals surface area (Å²) in [4.78, 5) is 31.6. The minimum absolute atomic E-state index is 0.0418. The lowest BCUT2D eigenvalue weighted by molar-refractivity contribution is -0.135. The van der Waals surface area contributed by atoms with Gasteiger partial charge in [-0.25, -0.2) is 4.98 Å². The van der Waals surface area contributed by atoms with Gasteiger partial charge in [0, 0.05) is 30.7 Å². The molecule has 1 aliphatic heterocycles. The molecule has 1 saturated heterocycles. The van der Waals surface area contributed by atoms with Crippen LogP contribution in [-0.4, -0.2) is 46.4 Å². The van der Waals surface area contributed by atoms with Gasteiger partial charge in [-0.2, -0.15) is 11.3 Å². The number of carbonyl (C=O) groups is 2. The van der Waals surface area contributed by atoms with E-state index in [9.17, 15) is 9.59 Å². The molecule has 0 radical (unpaired) electrons. The molecule has 138 valence electrons. The number of anilines is 1. The largest absolute Gasteiger partial charge is 0.351 e. The Morgan fingerprint density at radius 2 is 2.08 bits per heavy atom. The molecule has 26 heavy (non-hydrogen) atoms. The van der Waals surface area contributed by atoms with Crippen molar-refractivity contribution in [1.29, 1.82) is 0 Å². The maximum absolute atomic E-state index is 12.9. The minimum Gasteiger partial charge on any atom is -0.351 e. The number of hydrogen-bond acceptors (Lipinski definition) is 6. The molecule has 4 rings (SSSR count). The van der Waals surface area contributed by atoms with E-state index in [1.807, 2.05) is 27.1 Å². The van der Waals surface area contributed by atoms with Crippen molar-refractivity contribution in [1.82, 2.24) is 15.2 Å². The van der Waals surface area contributed by atoms with E-state index in [2.05, 4.69) is 15.6 Å². The molecule has 3 heterocycles. The van der Waals surface area contributed by atoms with Gasteiger partial charge in [-0.3, -0.25) is 9.59 Å². The number of hydrogen-bond donors (Lipinski definition) is 2. The van der Waals surface area contributed by atoms with Gasteiger partial charge in [0.25, 0.3) is 0 Å². The fourth-order valence-electron chi connectivity index (χ4n) is 3.27. The van der Waals surface area contributed by atoms with E-state index in [1.54, 1.807) is 17.5 Å². The van der Waals surface area contributed by atoms with E-state index >= 15 is 0 Å². The van der Waals surface area contributed by atoms with Crippen molar-refractivity contribution < 1.29 is 9.59 Å². The first-order valence-corrected chi connectivity index (χ1v) is 10.7. The maximum atomic E-state index is 12.9. The van der Waals surface area contributed by atoms with Gasteiger partial charge in [0.1, 0.15) is 5.54 Å². The third-order valence-corrected chi connectivity index (χ3v) is 6.45. The molecular formula is C18H22N4O2S2. The maximum Gasteiger partial charge on any atom is 0.246 e. The van der Waals surface area contributed by atoms with Crippen molar-refractivity contribution in [3.8, 4) is 0 Å². The highest BCUT2D eigenvalue weighted by Crippen LogP contribution is 2.30. The third kappa shape index (κ3) is 3.91. The summed E-state index contributed by atoms with van der Waals surface area (Å²) in [6, 6.07) is 2.31. The predicted octanol–water partition coefficient (Wildman–Crippen LogP) is 2.50. The summed E-state index contributed by atoms with van der Waals surface area (Å²) in [7, 11) is 0. The SMILES string of the molecule is O=C(Cc1ccsc1)N1CCC(Nc2nccs2)(C(=O)NC2CC2)CC1. The third-order valence-electron chi connectivity index (χ3n) is 5.03. The number of nitrogens with zero attached hydrogens (tertiary/aromatic N) is 2. The summed E-state index contributed by atoms with van der Waals surface area (Å²) in [5.41, 5.74) is 0.379. The molecule has 2 aromatic heterocycles. The smallest absolute Gasteiger partial charge is 0.246 e. The second kappa shape index (κ2) is 7.36. The molecule has 0 aromatic carbocycles. The molecule has 2 N–H and O–H groups in total. The molecule has 0 spiro atoms. The zero-order valence-electron chi connectivity index (χ0n) is 14.4. The van der Waals surface area contributed by atoms with Crippen LogP contribution in [-0.2, 0) is 16.0 Å². The lowest BCUT2D eigenvalue weighted by Gasteiger charge is -2.41. The van der Waals surface area contributed by atoms with Crippen LogP contribution in [0.15, 0.2) is 28.4 Å². The fourth-order valence-corrected chi connectivity index (χ4v) is 4.56. The quantitative estimate of drug-likeness (QED) is 0.795. The van der Waals surface area contributed by atoms with E-state index in [1.165, 1.54) is 11.3 Å². The molecular weight excluding hydrogens is 368 g/mol. The van der Waals surface area contributed by atoms with Gasteiger partial charge in [-0.15, -0.1) is 11.3 Å². The number of amides is 2. The fraction of sp³-hybridized carbons (Fsp3) is 0.500. The lowest BCUT2D eigenvalue weighted by Crippen LogP contribution is -2.59. The number of aromatic nitrogens is 1. The zero-order valence-corrected chi connectivity index (χ0v) is 16.1. The molecule has 2 aliphatic rings. The molecule has 0 bridgehead atoms. The first kappa shape index (κ1) is 17.5. The van der Waals surface area contributed by atoms with Crippen LogP contribution >= 0.6 is 22.7 Å². The molecule has 0 unspecified atom stereocenters. The average Bonchev–Trinajstić information content (AvgIpc) is 3.09. The van der Waals surface area contributed by atoms with Crippen LogP contribution in [0, 0.1) is 0 Å². The predicted molar refractivity (Wildman–Crippen MR) is 103 cm³/mol. The van der Waals surface area contributed by atoms with Gasteiger partial charge in [0.15, 0.2) is 5.13 Å². The van der Waals surface area contributed by atoms with Crippen molar-refractivity contribution in [2.75, 3.05) is 18.4 Å². The van der Waals surface area contributed by atoms with E-state index in [0.29, 0.717) is 38.4 Å². The van der Waals surface area contributed by atoms with Crippen LogP contribution in [0.4, 0.5) is 5.13 Å². The monoisotopic (exact) mass is 390 g/mol. The highest BCUT2D eigenvalue weighted by atomic mass is 32.1. The van der Waals surface area contributed by atoms with Crippen LogP contribution < -0.4 is 10.6 Å². The normalized spacial score (nSPS) is 19.2. The van der Waals surface area contributed by atoms with E-state index in [-0.39, 0.29) is 11.8 Å². The summed E-state index contributed by atoms with van der Waals surface area (Å²) in [6.07, 6.45) is 5.49. The Morgan fingerprint density at radius 3 is 2.69 bits per heavy atom. The van der Waals surface area contributed by atoms with Gasteiger partial charge in [-0.1, -0.05) is 0 Å². The van der Waals surface area contributed by atoms with Crippen LogP contribution in [0.25, 0.3) is 0 Å². The van der Waals surface area contributed by atoms with Gasteiger partial charge in [0.05, 0.1) is 6.42 Å². The van der Waals surface area contributed by atoms with Crippen LogP contribution in [0.1, 0.15) is 31.2 Å². The number of rotatable bonds is 6. The van der Waals surface area contributed by atoms with Gasteiger partial charge in [-0.05, 0) is 48.1 Å². The zero-order chi connectivity index (χ0) is 18.0. The minimum atomic E-state index is -0.681. The molecule has 2 amide bonds. The van der Waals surface area contributed by atoms with E-state index in [0.717, 1.165) is 23.5 Å². The van der Waals surface area contributed by atoms with E-state index in [4.69, 9.17) is 0 Å². The number of nitrogens with one attached hydrogen (secondary N) is 2. The first-order valence-electron chi connectivity index (χ1n) is 8.92. The van der Waals surface area contributed by atoms with Crippen LogP contribution in [0.3, 0.4) is 0 Å². The molecule has 1 aliphatic carbocycles. The average molecular weight is 391 g/mol. The summed E-state index contributed by atoms with van der Waals surface area (Å²) in [5.74, 6) is 0.175. The Balaban J connectivity index is 1.42. The summed E-state index contributed by atoms with van der Waals surface area (Å²) < 4.78 is 0. The van der Waals surface area contributed by atoms with Crippen LogP contribution in [0.2, 0.25) is 0 Å². The molecule has 0 atom stereocenters. The standard InChI is InChI=1S/C18H22N4O2S2/c23-15(11-13-3-9-25-12-13)22-7-4-18(5-8-22,16(24)20-14-1-2-14)21-17-19-6-10-26-17/h3,6,9-10,12,14H,1-2,4-5,7-8,11H2,(H,19,21)(H,20,24). The van der Waals surface area contributed by atoms with Crippen molar-refractivity contribution in [2.45, 2.75) is 43.7 Å². The highest BCUT2D eigenvalue weighted by molar-refractivity contribution is 7.13. The molecule has 6 nitrogen and oxygen atoms in total. The number of piperidine rings is 1. The lowest BCUT2D eigenvalue weighted by atomic mass is 9.86. The Kier molecular flexibility index (Phi) is 4.95. The highest BCUT2D eigenvalue weighted by Gasteiger charge is 2.44. The van der Waals surface area contributed by atoms with Crippen molar-refractivity contribution >= 4 is 39.6 Å². The number of thiophene rings is 1. The van der Waals surface area contributed by atoms with Gasteiger partial charge < -0.3 is 15.5 Å². The van der Waals surface area contributed by atoms with Crippen molar-refractivity contribution in [2.24, 2.45) is 0 Å². The molecule has 2 aromatic rings. The Bertz CT molecular complexity index is 748. The Morgan fingerprint density at radius 1 is 1.27 bits per heavy atom. The number of thiazole rings is 1. The summed E-state index contributed by atoms with van der Waals surface area (Å²) in [5, 5.41) is 13.2. The Labute approximate surface area is 160 Å². The summed E-state index contributed by atoms with van der Waals surface area (Å²) in [6.45, 7) is 1.17. The van der Waals surface area contributed by atoms with Crippen molar-refractivity contribution in [3.63, 3.8) is 0 Å². The van der Waals surface area contributed by atoms with E-state index < -0.39 is 5.54 Å². The second-order valence-corrected chi connectivity index (χ2v) is 8.66. The van der Waals surface area contributed by atoms with Crippen LogP contribution in [0.5, 0.6) is 0 Å². The molecule has 2 fully saturated rings. The second-order valence-electron chi connectivity index (χ2n) is 6.98. The number of likely N-dealkylation sites (tertiary alicyclic amines) is 1. The first-order chi connectivity index (χ1) is 12.6. The van der Waals surface area contributed by atoms with Gasteiger partial charge >= 0.3 is 0 Å². The summed E-state index contributed by atoms with van der Waals surface area (Å²) >= 11 is 3.10. The van der Waals surface area contributed by atoms with Crippen molar-refractivity contribution in [3.05, 3.63) is 34.0 Å². The Hall–Kier alpha value is -1.93.